The summed E-state index contributed by atoms with van der Waals surface area (Å²) in [6, 6.07) is 11.5. The molecule has 2 aliphatic heterocycles. The largest absolute Gasteiger partial charge is 0.396 e. The minimum absolute atomic E-state index is 0.162. The van der Waals surface area contributed by atoms with Gasteiger partial charge in [-0.25, -0.2) is 0 Å². The summed E-state index contributed by atoms with van der Waals surface area (Å²) >= 11 is 0. The van der Waals surface area contributed by atoms with Crippen LogP contribution in [0, 0.1) is 17.3 Å². The molecule has 2 heterocycles. The summed E-state index contributed by atoms with van der Waals surface area (Å²) < 4.78 is 5.64. The molecule has 4 atom stereocenters. The SMILES string of the molecule is OCCC1(CNC2CCC3CN(Cc4ccccc4)CC32)CCOC1. The van der Waals surface area contributed by atoms with Gasteiger partial charge in [-0.05, 0) is 43.1 Å². The molecule has 0 amide bonds. The van der Waals surface area contributed by atoms with Gasteiger partial charge < -0.3 is 15.2 Å². The Balaban J connectivity index is 1.31. The smallest absolute Gasteiger partial charge is 0.0536 e. The Morgan fingerprint density at radius 1 is 1.20 bits per heavy atom. The van der Waals surface area contributed by atoms with E-state index in [4.69, 9.17) is 4.74 Å². The predicted octanol–water partition coefficient (Wildman–Crippen LogP) is 2.28. The summed E-state index contributed by atoms with van der Waals surface area (Å²) in [6.07, 6.45) is 4.62. The Kier molecular flexibility index (Phi) is 5.41. The second kappa shape index (κ2) is 7.75. The van der Waals surface area contributed by atoms with E-state index >= 15 is 0 Å². The van der Waals surface area contributed by atoms with Gasteiger partial charge in [0.1, 0.15) is 0 Å². The molecule has 2 saturated heterocycles. The molecule has 4 heteroatoms. The standard InChI is InChI=1S/C21H32N2O2/c24-10-8-21(9-11-25-16-21)15-22-20-7-6-18-13-23(14-19(18)20)12-17-4-2-1-3-5-17/h1-5,18-20,22,24H,6-16H2. The monoisotopic (exact) mass is 344 g/mol. The lowest BCUT2D eigenvalue weighted by molar-refractivity contribution is 0.120. The molecule has 0 spiro atoms. The van der Waals surface area contributed by atoms with E-state index in [1.54, 1.807) is 0 Å². The van der Waals surface area contributed by atoms with Crippen LogP contribution < -0.4 is 5.32 Å². The van der Waals surface area contributed by atoms with Crippen LogP contribution in [0.25, 0.3) is 0 Å². The Bertz CT molecular complexity index is 544. The molecule has 4 unspecified atom stereocenters. The Morgan fingerprint density at radius 3 is 2.84 bits per heavy atom. The molecule has 0 aromatic heterocycles. The Morgan fingerprint density at radius 2 is 2.08 bits per heavy atom. The summed E-state index contributed by atoms with van der Waals surface area (Å²) in [5.74, 6) is 1.65. The molecule has 1 aromatic rings. The first kappa shape index (κ1) is 17.5. The molecule has 4 rings (SSSR count). The molecule has 0 radical (unpaired) electrons. The van der Waals surface area contributed by atoms with Crippen molar-refractivity contribution in [1.82, 2.24) is 10.2 Å². The molecule has 0 bridgehead atoms. The third kappa shape index (κ3) is 3.92. The van der Waals surface area contributed by atoms with Crippen molar-refractivity contribution in [2.45, 2.75) is 38.3 Å². The Labute approximate surface area is 151 Å². The van der Waals surface area contributed by atoms with Gasteiger partial charge >= 0.3 is 0 Å². The maximum Gasteiger partial charge on any atom is 0.0536 e. The fourth-order valence-electron chi connectivity index (χ4n) is 5.24. The number of rotatable bonds is 7. The van der Waals surface area contributed by atoms with Crippen LogP contribution in [0.4, 0.5) is 0 Å². The molecular weight excluding hydrogens is 312 g/mol. The predicted molar refractivity (Wildman–Crippen MR) is 99.3 cm³/mol. The van der Waals surface area contributed by atoms with E-state index in [1.807, 2.05) is 0 Å². The van der Waals surface area contributed by atoms with E-state index in [2.05, 4.69) is 40.5 Å². The quantitative estimate of drug-likeness (QED) is 0.796. The second-order valence-corrected chi connectivity index (χ2v) is 8.44. The lowest BCUT2D eigenvalue weighted by Crippen LogP contribution is -2.43. The van der Waals surface area contributed by atoms with Gasteiger partial charge in [-0.2, -0.15) is 0 Å². The molecular formula is C21H32N2O2. The average molecular weight is 344 g/mol. The molecule has 138 valence electrons. The normalized spacial score (nSPS) is 35.3. The van der Waals surface area contributed by atoms with Gasteiger partial charge in [0.2, 0.25) is 0 Å². The highest BCUT2D eigenvalue weighted by Crippen LogP contribution is 2.39. The van der Waals surface area contributed by atoms with Crippen molar-refractivity contribution in [3.63, 3.8) is 0 Å². The number of likely N-dealkylation sites (tertiary alicyclic amines) is 1. The van der Waals surface area contributed by atoms with Crippen molar-refractivity contribution >= 4 is 0 Å². The Hall–Kier alpha value is -0.940. The van der Waals surface area contributed by atoms with Crippen LogP contribution in [0.2, 0.25) is 0 Å². The number of benzene rings is 1. The maximum absolute atomic E-state index is 9.42. The summed E-state index contributed by atoms with van der Waals surface area (Å²) in [7, 11) is 0. The van der Waals surface area contributed by atoms with Gasteiger partial charge in [-0.3, -0.25) is 4.90 Å². The van der Waals surface area contributed by atoms with E-state index in [-0.39, 0.29) is 12.0 Å². The summed E-state index contributed by atoms with van der Waals surface area (Å²) in [5, 5.41) is 13.3. The molecule has 3 aliphatic rings. The van der Waals surface area contributed by atoms with Crippen LogP contribution in [0.1, 0.15) is 31.2 Å². The van der Waals surface area contributed by atoms with Gasteiger partial charge in [-0.1, -0.05) is 30.3 Å². The van der Waals surface area contributed by atoms with E-state index in [0.717, 1.165) is 51.0 Å². The fraction of sp³-hybridized carbons (Fsp3) is 0.714. The number of fused-ring (bicyclic) bond motifs is 1. The molecule has 25 heavy (non-hydrogen) atoms. The number of nitrogens with one attached hydrogen (secondary N) is 1. The molecule has 3 fully saturated rings. The zero-order valence-corrected chi connectivity index (χ0v) is 15.2. The summed E-state index contributed by atoms with van der Waals surface area (Å²) in [4.78, 5) is 2.64. The maximum atomic E-state index is 9.42. The van der Waals surface area contributed by atoms with Crippen molar-refractivity contribution in [3.8, 4) is 0 Å². The highest BCUT2D eigenvalue weighted by Gasteiger charge is 2.43. The lowest BCUT2D eigenvalue weighted by atomic mass is 9.83. The highest BCUT2D eigenvalue weighted by atomic mass is 16.5. The van der Waals surface area contributed by atoms with Crippen molar-refractivity contribution in [3.05, 3.63) is 35.9 Å². The van der Waals surface area contributed by atoms with Crippen molar-refractivity contribution in [1.29, 1.82) is 0 Å². The van der Waals surface area contributed by atoms with Gasteiger partial charge in [-0.15, -0.1) is 0 Å². The number of aliphatic hydroxyl groups excluding tert-OH is 1. The molecule has 1 saturated carbocycles. The van der Waals surface area contributed by atoms with E-state index in [0.29, 0.717) is 6.04 Å². The van der Waals surface area contributed by atoms with Crippen molar-refractivity contribution < 1.29 is 9.84 Å². The number of hydrogen-bond acceptors (Lipinski definition) is 4. The van der Waals surface area contributed by atoms with E-state index < -0.39 is 0 Å². The van der Waals surface area contributed by atoms with Crippen molar-refractivity contribution in [2.75, 3.05) is 39.5 Å². The number of ether oxygens (including phenoxy) is 1. The van der Waals surface area contributed by atoms with Gasteiger partial charge in [0, 0.05) is 50.8 Å². The van der Waals surface area contributed by atoms with Crippen LogP contribution in [0.3, 0.4) is 0 Å². The molecule has 1 aliphatic carbocycles. The van der Waals surface area contributed by atoms with Crippen LogP contribution in [-0.2, 0) is 11.3 Å². The summed E-state index contributed by atoms with van der Waals surface area (Å²) in [6.45, 7) is 6.49. The van der Waals surface area contributed by atoms with Gasteiger partial charge in [0.05, 0.1) is 6.61 Å². The van der Waals surface area contributed by atoms with Gasteiger partial charge in [0.25, 0.3) is 0 Å². The van der Waals surface area contributed by atoms with E-state index in [1.165, 1.54) is 31.5 Å². The minimum atomic E-state index is 0.162. The zero-order chi connectivity index (χ0) is 17.1. The average Bonchev–Trinajstić information content (AvgIpc) is 3.31. The first-order valence-electron chi connectivity index (χ1n) is 9.96. The first-order valence-corrected chi connectivity index (χ1v) is 9.96. The van der Waals surface area contributed by atoms with Crippen LogP contribution in [0.5, 0.6) is 0 Å². The van der Waals surface area contributed by atoms with Crippen LogP contribution in [-0.4, -0.2) is 55.5 Å². The molecule has 4 nitrogen and oxygen atoms in total. The second-order valence-electron chi connectivity index (χ2n) is 8.44. The zero-order valence-electron chi connectivity index (χ0n) is 15.2. The fourth-order valence-corrected chi connectivity index (χ4v) is 5.24. The highest BCUT2D eigenvalue weighted by molar-refractivity contribution is 5.15. The molecule has 1 aromatic carbocycles. The topological polar surface area (TPSA) is 44.7 Å². The summed E-state index contributed by atoms with van der Waals surface area (Å²) in [5.41, 5.74) is 1.59. The molecule has 2 N–H and O–H groups in total. The third-order valence-corrected chi connectivity index (χ3v) is 6.75. The van der Waals surface area contributed by atoms with E-state index in [9.17, 15) is 5.11 Å². The number of hydrogen-bond donors (Lipinski definition) is 2. The number of aliphatic hydroxyl groups is 1. The minimum Gasteiger partial charge on any atom is -0.396 e. The third-order valence-electron chi connectivity index (χ3n) is 6.75. The number of nitrogens with zero attached hydrogens (tertiary/aromatic N) is 1. The van der Waals surface area contributed by atoms with Crippen LogP contribution in [0.15, 0.2) is 30.3 Å². The first-order chi connectivity index (χ1) is 12.3. The van der Waals surface area contributed by atoms with Crippen LogP contribution >= 0.6 is 0 Å². The van der Waals surface area contributed by atoms with Gasteiger partial charge in [0.15, 0.2) is 0 Å². The van der Waals surface area contributed by atoms with Crippen molar-refractivity contribution in [2.24, 2.45) is 17.3 Å². The lowest BCUT2D eigenvalue weighted by Gasteiger charge is -2.30.